The van der Waals surface area contributed by atoms with E-state index in [-0.39, 0.29) is 17.9 Å². The fourth-order valence-electron chi connectivity index (χ4n) is 4.94. The van der Waals surface area contributed by atoms with E-state index in [1.165, 1.54) is 0 Å². The van der Waals surface area contributed by atoms with Gasteiger partial charge in [-0.25, -0.2) is 0 Å². The van der Waals surface area contributed by atoms with Crippen LogP contribution in [0.5, 0.6) is 5.75 Å². The van der Waals surface area contributed by atoms with Crippen molar-refractivity contribution in [3.63, 3.8) is 0 Å². The second-order valence-corrected chi connectivity index (χ2v) is 8.64. The standard InChI is InChI=1S/C26H32N2O5/c1-31-15-12-28-23(16-18-10-13-33-14-11-18)24(21-8-3-4-9-22(21)26(28)30)25(29)27-19-6-5-7-20(17-19)32-2/h3-9,17-18,23-24H,10-16H2,1-2H3,(H,27,29). The van der Waals surface area contributed by atoms with E-state index in [9.17, 15) is 9.59 Å². The molecule has 0 spiro atoms. The van der Waals surface area contributed by atoms with Gasteiger partial charge in [-0.3, -0.25) is 9.59 Å². The molecule has 1 fully saturated rings. The van der Waals surface area contributed by atoms with Crippen LogP contribution in [-0.4, -0.2) is 63.3 Å². The van der Waals surface area contributed by atoms with Gasteiger partial charge < -0.3 is 24.4 Å². The lowest BCUT2D eigenvalue weighted by atomic mass is 9.77. The van der Waals surface area contributed by atoms with Crippen molar-refractivity contribution in [3.05, 3.63) is 59.7 Å². The van der Waals surface area contributed by atoms with Crippen LogP contribution < -0.4 is 10.1 Å². The zero-order chi connectivity index (χ0) is 23.2. The Labute approximate surface area is 195 Å². The Morgan fingerprint density at radius 2 is 1.91 bits per heavy atom. The quantitative estimate of drug-likeness (QED) is 0.661. The number of nitrogens with zero attached hydrogens (tertiary/aromatic N) is 1. The number of carbonyl (C=O) groups excluding carboxylic acids is 2. The summed E-state index contributed by atoms with van der Waals surface area (Å²) in [5.41, 5.74) is 2.04. The number of carbonyl (C=O) groups is 2. The highest BCUT2D eigenvalue weighted by molar-refractivity contribution is 6.04. The first-order valence-electron chi connectivity index (χ1n) is 11.5. The molecule has 1 saturated heterocycles. The van der Waals surface area contributed by atoms with Gasteiger partial charge in [-0.1, -0.05) is 24.3 Å². The molecule has 0 radical (unpaired) electrons. The van der Waals surface area contributed by atoms with Crippen molar-refractivity contribution in [1.29, 1.82) is 0 Å². The SMILES string of the molecule is COCCN1C(=O)c2ccccc2C(C(=O)Nc2cccc(OC)c2)C1CC1CCOCC1. The Bertz CT molecular complexity index is 973. The summed E-state index contributed by atoms with van der Waals surface area (Å²) < 4.78 is 16.2. The van der Waals surface area contributed by atoms with Crippen LogP contribution in [0.15, 0.2) is 48.5 Å². The molecule has 2 heterocycles. The molecule has 176 valence electrons. The molecule has 4 rings (SSSR count). The van der Waals surface area contributed by atoms with Gasteiger partial charge in [-0.05, 0) is 48.9 Å². The second-order valence-electron chi connectivity index (χ2n) is 8.64. The van der Waals surface area contributed by atoms with E-state index in [4.69, 9.17) is 14.2 Å². The third kappa shape index (κ3) is 5.20. The minimum absolute atomic E-state index is 0.0369. The van der Waals surface area contributed by atoms with E-state index in [0.717, 1.165) is 38.0 Å². The minimum atomic E-state index is -0.482. The van der Waals surface area contributed by atoms with Crippen LogP contribution in [-0.2, 0) is 14.3 Å². The molecule has 7 nitrogen and oxygen atoms in total. The molecule has 2 atom stereocenters. The first kappa shape index (κ1) is 23.3. The number of hydrogen-bond acceptors (Lipinski definition) is 5. The van der Waals surface area contributed by atoms with Gasteiger partial charge in [0.25, 0.3) is 5.91 Å². The molecule has 2 unspecified atom stereocenters. The third-order valence-electron chi connectivity index (χ3n) is 6.64. The van der Waals surface area contributed by atoms with Crippen LogP contribution in [0, 0.1) is 5.92 Å². The minimum Gasteiger partial charge on any atom is -0.497 e. The molecule has 2 aliphatic rings. The van der Waals surface area contributed by atoms with Crippen molar-refractivity contribution in [2.75, 3.05) is 45.9 Å². The van der Waals surface area contributed by atoms with Crippen LogP contribution in [0.4, 0.5) is 5.69 Å². The largest absolute Gasteiger partial charge is 0.497 e. The molecule has 2 aromatic carbocycles. The van der Waals surface area contributed by atoms with Crippen LogP contribution in [0.2, 0.25) is 0 Å². The summed E-state index contributed by atoms with van der Waals surface area (Å²) in [6.07, 6.45) is 2.63. The normalized spacial score (nSPS) is 20.9. The number of nitrogens with one attached hydrogen (secondary N) is 1. The molecule has 0 aliphatic carbocycles. The van der Waals surface area contributed by atoms with Crippen molar-refractivity contribution >= 4 is 17.5 Å². The smallest absolute Gasteiger partial charge is 0.254 e. The van der Waals surface area contributed by atoms with Gasteiger partial charge in [0.05, 0.1) is 19.6 Å². The maximum atomic E-state index is 13.8. The number of benzene rings is 2. The topological polar surface area (TPSA) is 77.1 Å². The van der Waals surface area contributed by atoms with E-state index >= 15 is 0 Å². The molecular weight excluding hydrogens is 420 g/mol. The predicted octanol–water partition coefficient (Wildman–Crippen LogP) is 3.71. The van der Waals surface area contributed by atoms with Gasteiger partial charge in [0, 0.05) is 50.2 Å². The lowest BCUT2D eigenvalue weighted by molar-refractivity contribution is -0.119. The zero-order valence-electron chi connectivity index (χ0n) is 19.3. The van der Waals surface area contributed by atoms with Gasteiger partial charge in [0.15, 0.2) is 0 Å². The number of rotatable bonds is 8. The zero-order valence-corrected chi connectivity index (χ0v) is 19.3. The highest BCUT2D eigenvalue weighted by atomic mass is 16.5. The molecule has 1 N–H and O–H groups in total. The third-order valence-corrected chi connectivity index (χ3v) is 6.64. The van der Waals surface area contributed by atoms with Gasteiger partial charge in [-0.15, -0.1) is 0 Å². The number of ether oxygens (including phenoxy) is 3. The fourth-order valence-corrected chi connectivity index (χ4v) is 4.94. The number of amides is 2. The van der Waals surface area contributed by atoms with Gasteiger partial charge in [0.1, 0.15) is 5.75 Å². The lowest BCUT2D eigenvalue weighted by Crippen LogP contribution is -2.53. The Morgan fingerprint density at radius 3 is 2.67 bits per heavy atom. The summed E-state index contributed by atoms with van der Waals surface area (Å²) in [5.74, 6) is 0.434. The lowest BCUT2D eigenvalue weighted by Gasteiger charge is -2.43. The second kappa shape index (κ2) is 10.8. The number of fused-ring (bicyclic) bond motifs is 1. The summed E-state index contributed by atoms with van der Waals surface area (Å²) in [5, 5.41) is 3.07. The summed E-state index contributed by atoms with van der Waals surface area (Å²) >= 11 is 0. The van der Waals surface area contributed by atoms with Gasteiger partial charge in [0.2, 0.25) is 5.91 Å². The maximum absolute atomic E-state index is 13.8. The van der Waals surface area contributed by atoms with Gasteiger partial charge >= 0.3 is 0 Å². The average Bonchev–Trinajstić information content (AvgIpc) is 2.85. The summed E-state index contributed by atoms with van der Waals surface area (Å²) in [6.45, 7) is 2.31. The molecule has 2 amide bonds. The predicted molar refractivity (Wildman–Crippen MR) is 126 cm³/mol. The number of hydrogen-bond donors (Lipinski definition) is 1. The highest BCUT2D eigenvalue weighted by Gasteiger charge is 2.44. The average molecular weight is 453 g/mol. The first-order chi connectivity index (χ1) is 16.1. The van der Waals surface area contributed by atoms with E-state index in [0.29, 0.717) is 36.1 Å². The molecule has 0 saturated carbocycles. The van der Waals surface area contributed by atoms with Crippen molar-refractivity contribution in [2.45, 2.75) is 31.2 Å². The Balaban J connectivity index is 1.70. The van der Waals surface area contributed by atoms with Gasteiger partial charge in [-0.2, -0.15) is 0 Å². The number of anilines is 1. The highest BCUT2D eigenvalue weighted by Crippen LogP contribution is 2.38. The molecule has 2 aromatic rings. The molecule has 0 bridgehead atoms. The Hall–Kier alpha value is -2.90. The van der Waals surface area contributed by atoms with E-state index in [1.54, 1.807) is 20.3 Å². The molecule has 0 aromatic heterocycles. The molecular formula is C26H32N2O5. The summed E-state index contributed by atoms with van der Waals surface area (Å²) in [7, 11) is 3.23. The molecule has 33 heavy (non-hydrogen) atoms. The van der Waals surface area contributed by atoms with Crippen molar-refractivity contribution in [3.8, 4) is 5.75 Å². The van der Waals surface area contributed by atoms with Crippen LogP contribution in [0.25, 0.3) is 0 Å². The monoisotopic (exact) mass is 452 g/mol. The van der Waals surface area contributed by atoms with Crippen molar-refractivity contribution in [2.24, 2.45) is 5.92 Å². The summed E-state index contributed by atoms with van der Waals surface area (Å²) in [4.78, 5) is 29.1. The van der Waals surface area contributed by atoms with Crippen LogP contribution >= 0.6 is 0 Å². The van der Waals surface area contributed by atoms with Crippen LogP contribution in [0.1, 0.15) is 41.1 Å². The molecule has 2 aliphatic heterocycles. The van der Waals surface area contributed by atoms with E-state index in [1.807, 2.05) is 47.4 Å². The number of methoxy groups -OCH3 is 2. The Morgan fingerprint density at radius 1 is 1.12 bits per heavy atom. The Kier molecular flexibility index (Phi) is 7.62. The van der Waals surface area contributed by atoms with Crippen LogP contribution in [0.3, 0.4) is 0 Å². The maximum Gasteiger partial charge on any atom is 0.254 e. The van der Waals surface area contributed by atoms with E-state index < -0.39 is 5.92 Å². The molecule has 7 heteroatoms. The summed E-state index contributed by atoms with van der Waals surface area (Å²) in [6, 6.07) is 14.5. The van der Waals surface area contributed by atoms with Crippen molar-refractivity contribution < 1.29 is 23.8 Å². The van der Waals surface area contributed by atoms with Crippen molar-refractivity contribution in [1.82, 2.24) is 4.90 Å². The van der Waals surface area contributed by atoms with E-state index in [2.05, 4.69) is 5.32 Å². The first-order valence-corrected chi connectivity index (χ1v) is 11.5. The fraction of sp³-hybridized carbons (Fsp3) is 0.462.